The maximum atomic E-state index is 14.2. The minimum absolute atomic E-state index is 0.286. The number of allylic oxidation sites excluding steroid dienone is 1. The fourth-order valence-corrected chi connectivity index (χ4v) is 5.53. The molecule has 4 rings (SSSR count). The summed E-state index contributed by atoms with van der Waals surface area (Å²) >= 11 is 1.70. The lowest BCUT2D eigenvalue weighted by atomic mass is 9.96. The Bertz CT molecular complexity index is 1210. The highest BCUT2D eigenvalue weighted by Gasteiger charge is 2.23. The standard InChI is InChI=1S/C24H20FN3S/c1-15-11-17(12-18(13-26)19-7-3-5-9-22(19)25)16(2)28(15)24-21(14-27)20-8-4-6-10-23(20)29-24/h3,5,7,9,11-12H,4,6,8,10H2,1-2H3/b18-12-. The lowest BCUT2D eigenvalue weighted by Gasteiger charge is -2.10. The molecule has 0 fully saturated rings. The van der Waals surface area contributed by atoms with Crippen molar-refractivity contribution in [1.29, 1.82) is 10.5 Å². The van der Waals surface area contributed by atoms with Gasteiger partial charge in [-0.3, -0.25) is 0 Å². The molecule has 5 heteroatoms. The van der Waals surface area contributed by atoms with Gasteiger partial charge in [0.1, 0.15) is 16.9 Å². The van der Waals surface area contributed by atoms with Gasteiger partial charge in [-0.2, -0.15) is 10.5 Å². The highest BCUT2D eigenvalue weighted by atomic mass is 32.1. The van der Waals surface area contributed by atoms with E-state index in [-0.39, 0.29) is 5.57 Å². The molecule has 0 radical (unpaired) electrons. The van der Waals surface area contributed by atoms with Crippen molar-refractivity contribution in [3.05, 3.63) is 74.7 Å². The first-order chi connectivity index (χ1) is 14.0. The van der Waals surface area contributed by atoms with Gasteiger partial charge in [-0.1, -0.05) is 18.2 Å². The number of hydrogen-bond donors (Lipinski definition) is 0. The highest BCUT2D eigenvalue weighted by Crippen LogP contribution is 2.38. The zero-order valence-electron chi connectivity index (χ0n) is 16.4. The number of benzene rings is 1. The van der Waals surface area contributed by atoms with Crippen LogP contribution in [0.1, 0.15) is 51.4 Å². The minimum atomic E-state index is -0.410. The predicted octanol–water partition coefficient (Wildman–Crippen LogP) is 6.11. The molecule has 1 aliphatic rings. The topological polar surface area (TPSA) is 52.5 Å². The molecule has 0 saturated carbocycles. The van der Waals surface area contributed by atoms with Gasteiger partial charge < -0.3 is 4.57 Å². The predicted molar refractivity (Wildman–Crippen MR) is 114 cm³/mol. The van der Waals surface area contributed by atoms with Crippen molar-refractivity contribution in [2.24, 2.45) is 0 Å². The molecule has 0 amide bonds. The van der Waals surface area contributed by atoms with Crippen LogP contribution in [-0.4, -0.2) is 4.57 Å². The van der Waals surface area contributed by atoms with Gasteiger partial charge in [0.25, 0.3) is 0 Å². The van der Waals surface area contributed by atoms with Gasteiger partial charge in [-0.05, 0) is 68.9 Å². The number of fused-ring (bicyclic) bond motifs is 1. The average Bonchev–Trinajstić information content (AvgIpc) is 3.22. The Balaban J connectivity index is 1.85. The summed E-state index contributed by atoms with van der Waals surface area (Å²) in [6.07, 6.45) is 6.03. The second-order valence-corrected chi connectivity index (χ2v) is 8.40. The molecule has 0 unspecified atom stereocenters. The minimum Gasteiger partial charge on any atom is -0.308 e. The molecule has 0 spiro atoms. The van der Waals surface area contributed by atoms with Gasteiger partial charge in [0, 0.05) is 21.8 Å². The van der Waals surface area contributed by atoms with Crippen LogP contribution in [0.3, 0.4) is 0 Å². The first-order valence-corrected chi connectivity index (χ1v) is 10.5. The molecular formula is C24H20FN3S. The van der Waals surface area contributed by atoms with Crippen LogP contribution in [0.5, 0.6) is 0 Å². The Hall–Kier alpha value is -3.15. The largest absolute Gasteiger partial charge is 0.308 e. The second kappa shape index (κ2) is 7.70. The molecule has 0 bridgehead atoms. The fourth-order valence-electron chi connectivity index (χ4n) is 4.08. The van der Waals surface area contributed by atoms with Crippen LogP contribution >= 0.6 is 11.3 Å². The van der Waals surface area contributed by atoms with Crippen LogP contribution in [-0.2, 0) is 12.8 Å². The van der Waals surface area contributed by atoms with Crippen molar-refractivity contribution in [3.63, 3.8) is 0 Å². The van der Waals surface area contributed by atoms with Gasteiger partial charge in [0.2, 0.25) is 0 Å². The maximum Gasteiger partial charge on any atom is 0.131 e. The third-order valence-electron chi connectivity index (χ3n) is 5.52. The molecule has 3 nitrogen and oxygen atoms in total. The molecule has 2 aromatic heterocycles. The maximum absolute atomic E-state index is 14.2. The number of hydrogen-bond acceptors (Lipinski definition) is 3. The molecule has 3 aromatic rings. The van der Waals surface area contributed by atoms with Crippen LogP contribution in [0.2, 0.25) is 0 Å². The van der Waals surface area contributed by atoms with E-state index >= 15 is 0 Å². The number of rotatable bonds is 3. The van der Waals surface area contributed by atoms with Crippen molar-refractivity contribution in [2.45, 2.75) is 39.5 Å². The summed E-state index contributed by atoms with van der Waals surface area (Å²) in [5.41, 5.74) is 5.36. The molecule has 0 saturated heterocycles. The SMILES string of the molecule is Cc1cc(/C=C(/C#N)c2ccccc2F)c(C)n1-c1sc2c(c1C#N)CCCC2. The Morgan fingerprint density at radius 2 is 1.93 bits per heavy atom. The number of nitrogens with zero attached hydrogens (tertiary/aromatic N) is 3. The molecule has 0 N–H and O–H groups in total. The first kappa shape index (κ1) is 19.2. The Morgan fingerprint density at radius 3 is 2.66 bits per heavy atom. The number of halogens is 1. The number of aromatic nitrogens is 1. The van der Waals surface area contributed by atoms with Gasteiger partial charge in [-0.15, -0.1) is 11.3 Å². The summed E-state index contributed by atoms with van der Waals surface area (Å²) < 4.78 is 16.3. The highest BCUT2D eigenvalue weighted by molar-refractivity contribution is 7.15. The van der Waals surface area contributed by atoms with Crippen LogP contribution in [0, 0.1) is 42.3 Å². The first-order valence-electron chi connectivity index (χ1n) is 9.65. The molecular weight excluding hydrogens is 381 g/mol. The monoisotopic (exact) mass is 401 g/mol. The van der Waals surface area contributed by atoms with Crippen LogP contribution < -0.4 is 0 Å². The lowest BCUT2D eigenvalue weighted by Crippen LogP contribution is -2.02. The third-order valence-corrected chi connectivity index (χ3v) is 6.80. The van der Waals surface area contributed by atoms with Crippen molar-refractivity contribution < 1.29 is 4.39 Å². The van der Waals surface area contributed by atoms with E-state index in [4.69, 9.17) is 0 Å². The van der Waals surface area contributed by atoms with Gasteiger partial charge in [0.15, 0.2) is 0 Å². The van der Waals surface area contributed by atoms with Crippen molar-refractivity contribution >= 4 is 23.0 Å². The molecule has 1 aromatic carbocycles. The number of aryl methyl sites for hydroxylation is 2. The average molecular weight is 402 g/mol. The fraction of sp³-hybridized carbons (Fsp3) is 0.250. The van der Waals surface area contributed by atoms with Gasteiger partial charge in [0.05, 0.1) is 17.2 Å². The van der Waals surface area contributed by atoms with Gasteiger partial charge in [-0.25, -0.2) is 4.39 Å². The summed E-state index contributed by atoms with van der Waals surface area (Å²) in [4.78, 5) is 1.32. The third kappa shape index (κ3) is 3.28. The molecule has 1 aliphatic carbocycles. The quantitative estimate of drug-likeness (QED) is 0.497. The zero-order chi connectivity index (χ0) is 20.5. The van der Waals surface area contributed by atoms with E-state index in [2.05, 4.69) is 16.7 Å². The number of thiophene rings is 1. The molecule has 144 valence electrons. The Morgan fingerprint density at radius 1 is 1.17 bits per heavy atom. The smallest absolute Gasteiger partial charge is 0.131 e. The summed E-state index contributed by atoms with van der Waals surface area (Å²) in [5, 5.41) is 20.4. The van der Waals surface area contributed by atoms with E-state index in [1.165, 1.54) is 22.9 Å². The molecule has 29 heavy (non-hydrogen) atoms. The van der Waals surface area contributed by atoms with Crippen LogP contribution in [0.4, 0.5) is 4.39 Å². The summed E-state index contributed by atoms with van der Waals surface area (Å²) in [6, 6.07) is 12.9. The Kier molecular flexibility index (Phi) is 5.09. The summed E-state index contributed by atoms with van der Waals surface area (Å²) in [6.45, 7) is 3.98. The normalized spacial score (nSPS) is 13.6. The molecule has 2 heterocycles. The van der Waals surface area contributed by atoms with E-state index in [1.54, 1.807) is 35.6 Å². The van der Waals surface area contributed by atoms with E-state index in [0.717, 1.165) is 46.8 Å². The summed E-state index contributed by atoms with van der Waals surface area (Å²) in [7, 11) is 0. The zero-order valence-corrected chi connectivity index (χ0v) is 17.2. The van der Waals surface area contributed by atoms with Crippen molar-refractivity contribution in [3.8, 4) is 17.1 Å². The van der Waals surface area contributed by atoms with Crippen LogP contribution in [0.15, 0.2) is 30.3 Å². The van der Waals surface area contributed by atoms with E-state index < -0.39 is 5.82 Å². The number of nitriles is 2. The van der Waals surface area contributed by atoms with Crippen LogP contribution in [0.25, 0.3) is 16.7 Å². The Labute approximate surface area is 174 Å². The van der Waals surface area contributed by atoms with Gasteiger partial charge >= 0.3 is 0 Å². The van der Waals surface area contributed by atoms with Crippen molar-refractivity contribution in [2.75, 3.05) is 0 Å². The second-order valence-electron chi connectivity index (χ2n) is 7.31. The molecule has 0 aliphatic heterocycles. The molecule has 0 atom stereocenters. The van der Waals surface area contributed by atoms with E-state index in [1.807, 2.05) is 19.9 Å². The summed E-state index contributed by atoms with van der Waals surface area (Å²) in [5.74, 6) is -0.410. The lowest BCUT2D eigenvalue weighted by molar-refractivity contribution is 0.624. The van der Waals surface area contributed by atoms with E-state index in [9.17, 15) is 14.9 Å². The van der Waals surface area contributed by atoms with E-state index in [0.29, 0.717) is 5.56 Å². The van der Waals surface area contributed by atoms with Crippen molar-refractivity contribution in [1.82, 2.24) is 4.57 Å².